The molecule has 0 aliphatic heterocycles. The molecule has 4 heteroatoms. The predicted molar refractivity (Wildman–Crippen MR) is 50.0 cm³/mol. The van der Waals surface area contributed by atoms with Gasteiger partial charge in [-0.2, -0.15) is 0 Å². The van der Waals surface area contributed by atoms with Gasteiger partial charge in [-0.15, -0.1) is 0 Å². The van der Waals surface area contributed by atoms with Crippen molar-refractivity contribution < 1.29 is 9.53 Å². The summed E-state index contributed by atoms with van der Waals surface area (Å²) in [7, 11) is 1.76. The summed E-state index contributed by atoms with van der Waals surface area (Å²) in [6, 6.07) is -0.183. The van der Waals surface area contributed by atoms with Gasteiger partial charge in [0.15, 0.2) is 0 Å². The number of hydrogen-bond acceptors (Lipinski definition) is 4. The second-order valence-corrected chi connectivity index (χ2v) is 3.38. The Kier molecular flexibility index (Phi) is 4.18. The lowest BCUT2D eigenvalue weighted by atomic mass is 10.1. The quantitative estimate of drug-likeness (QED) is 0.467. The minimum Gasteiger partial charge on any atom is -0.465 e. The number of rotatable bonds is 6. The van der Waals surface area contributed by atoms with E-state index in [0.29, 0.717) is 6.61 Å². The van der Waals surface area contributed by atoms with Crippen molar-refractivity contribution in [3.63, 3.8) is 0 Å². The fraction of sp³-hybridized carbons (Fsp3) is 0.889. The van der Waals surface area contributed by atoms with Crippen LogP contribution in [0.1, 0.15) is 26.2 Å². The number of hydrogen-bond donors (Lipinski definition) is 2. The van der Waals surface area contributed by atoms with Gasteiger partial charge in [0.2, 0.25) is 0 Å². The van der Waals surface area contributed by atoms with E-state index in [2.05, 4.69) is 10.9 Å². The van der Waals surface area contributed by atoms with E-state index in [1.54, 1.807) is 7.05 Å². The van der Waals surface area contributed by atoms with Crippen LogP contribution in [0.25, 0.3) is 0 Å². The number of carbonyl (C=O) groups excluding carboxylic acids is 1. The first-order valence-corrected chi connectivity index (χ1v) is 4.86. The van der Waals surface area contributed by atoms with E-state index < -0.39 is 0 Å². The molecule has 1 unspecified atom stereocenters. The maximum atomic E-state index is 11.4. The summed E-state index contributed by atoms with van der Waals surface area (Å²) in [5.41, 5.74) is 5.70. The Morgan fingerprint density at radius 3 is 2.77 bits per heavy atom. The molecule has 1 aliphatic rings. The van der Waals surface area contributed by atoms with E-state index in [9.17, 15) is 4.79 Å². The molecule has 4 nitrogen and oxygen atoms in total. The van der Waals surface area contributed by atoms with E-state index in [1.165, 1.54) is 12.8 Å². The van der Waals surface area contributed by atoms with Crippen molar-refractivity contribution in [2.45, 2.75) is 32.2 Å². The largest absolute Gasteiger partial charge is 0.465 e. The van der Waals surface area contributed by atoms with Crippen molar-refractivity contribution in [2.24, 2.45) is 5.92 Å². The Hall–Kier alpha value is -0.610. The molecule has 1 fully saturated rings. The molecule has 13 heavy (non-hydrogen) atoms. The molecule has 0 saturated heterocycles. The molecule has 0 heterocycles. The topological polar surface area (TPSA) is 50.4 Å². The molecule has 1 aliphatic carbocycles. The van der Waals surface area contributed by atoms with E-state index >= 15 is 0 Å². The summed E-state index contributed by atoms with van der Waals surface area (Å²) >= 11 is 0. The highest BCUT2D eigenvalue weighted by Crippen LogP contribution is 2.33. The Labute approximate surface area is 79.0 Å². The van der Waals surface area contributed by atoms with E-state index in [4.69, 9.17) is 4.74 Å². The van der Waals surface area contributed by atoms with Crippen LogP contribution in [0.4, 0.5) is 0 Å². The Balaban J connectivity index is 2.29. The zero-order chi connectivity index (χ0) is 9.68. The molecule has 0 aromatic rings. The SMILES string of the molecule is CCOC(=O)C(CC1CC1)NNC. The van der Waals surface area contributed by atoms with Crippen LogP contribution in [0, 0.1) is 5.92 Å². The second kappa shape index (κ2) is 5.19. The minimum atomic E-state index is -0.183. The van der Waals surface area contributed by atoms with Crippen LogP contribution in [0.3, 0.4) is 0 Å². The standard InChI is InChI=1S/C9H18N2O2/c1-3-13-9(12)8(11-10-2)6-7-4-5-7/h7-8,10-11H,3-6H2,1-2H3. The smallest absolute Gasteiger partial charge is 0.324 e. The maximum Gasteiger partial charge on any atom is 0.324 e. The summed E-state index contributed by atoms with van der Waals surface area (Å²) < 4.78 is 4.94. The van der Waals surface area contributed by atoms with Crippen molar-refractivity contribution in [3.8, 4) is 0 Å². The molecule has 0 aromatic carbocycles. The fourth-order valence-corrected chi connectivity index (χ4v) is 1.32. The molecule has 0 spiro atoms. The predicted octanol–water partition coefficient (Wildman–Crippen LogP) is 0.442. The van der Waals surface area contributed by atoms with Gasteiger partial charge in [0.05, 0.1) is 6.61 Å². The van der Waals surface area contributed by atoms with Crippen molar-refractivity contribution in [1.82, 2.24) is 10.9 Å². The molecule has 0 amide bonds. The lowest BCUT2D eigenvalue weighted by Gasteiger charge is -2.15. The Morgan fingerprint density at radius 1 is 1.62 bits per heavy atom. The van der Waals surface area contributed by atoms with E-state index in [-0.39, 0.29) is 12.0 Å². The molecule has 76 valence electrons. The summed E-state index contributed by atoms with van der Waals surface area (Å²) in [6.07, 6.45) is 3.39. The molecule has 1 saturated carbocycles. The molecule has 1 atom stereocenters. The van der Waals surface area contributed by atoms with Gasteiger partial charge in [-0.1, -0.05) is 12.8 Å². The minimum absolute atomic E-state index is 0.149. The van der Waals surface area contributed by atoms with Crippen LogP contribution in [0.2, 0.25) is 0 Å². The first-order valence-electron chi connectivity index (χ1n) is 4.86. The van der Waals surface area contributed by atoms with Crippen molar-refractivity contribution in [3.05, 3.63) is 0 Å². The van der Waals surface area contributed by atoms with Gasteiger partial charge in [0, 0.05) is 0 Å². The summed E-state index contributed by atoms with van der Waals surface area (Å²) in [4.78, 5) is 11.4. The normalized spacial score (nSPS) is 18.3. The molecular weight excluding hydrogens is 168 g/mol. The monoisotopic (exact) mass is 186 g/mol. The van der Waals surface area contributed by atoms with Gasteiger partial charge in [-0.25, -0.2) is 5.43 Å². The maximum absolute atomic E-state index is 11.4. The van der Waals surface area contributed by atoms with Crippen LogP contribution >= 0.6 is 0 Å². The van der Waals surface area contributed by atoms with Crippen LogP contribution < -0.4 is 10.9 Å². The number of nitrogens with one attached hydrogen (secondary N) is 2. The van der Waals surface area contributed by atoms with Crippen LogP contribution in [0.15, 0.2) is 0 Å². The molecule has 1 rings (SSSR count). The van der Waals surface area contributed by atoms with Crippen molar-refractivity contribution in [2.75, 3.05) is 13.7 Å². The first-order chi connectivity index (χ1) is 6.27. The molecule has 0 aromatic heterocycles. The number of carbonyl (C=O) groups is 1. The van der Waals surface area contributed by atoms with Crippen molar-refractivity contribution in [1.29, 1.82) is 0 Å². The average molecular weight is 186 g/mol. The Morgan fingerprint density at radius 2 is 2.31 bits per heavy atom. The summed E-state index contributed by atoms with van der Waals surface area (Å²) in [6.45, 7) is 2.27. The van der Waals surface area contributed by atoms with Gasteiger partial charge in [-0.3, -0.25) is 10.2 Å². The fourth-order valence-electron chi connectivity index (χ4n) is 1.32. The number of hydrazine groups is 1. The second-order valence-electron chi connectivity index (χ2n) is 3.38. The highest BCUT2D eigenvalue weighted by Gasteiger charge is 2.29. The Bertz CT molecular complexity index is 169. The van der Waals surface area contributed by atoms with Crippen LogP contribution in [-0.4, -0.2) is 25.7 Å². The third kappa shape index (κ3) is 3.74. The van der Waals surface area contributed by atoms with Gasteiger partial charge in [0.1, 0.15) is 6.04 Å². The molecule has 0 bridgehead atoms. The van der Waals surface area contributed by atoms with Gasteiger partial charge < -0.3 is 4.74 Å². The first kappa shape index (κ1) is 10.5. The summed E-state index contributed by atoms with van der Waals surface area (Å²) in [5.74, 6) is 0.569. The molecule has 2 N–H and O–H groups in total. The zero-order valence-electron chi connectivity index (χ0n) is 8.30. The number of ether oxygens (including phenoxy) is 1. The lowest BCUT2D eigenvalue weighted by Crippen LogP contribution is -2.44. The van der Waals surface area contributed by atoms with Crippen molar-refractivity contribution >= 4 is 5.97 Å². The van der Waals surface area contributed by atoms with E-state index in [1.807, 2.05) is 6.92 Å². The van der Waals surface area contributed by atoms with Gasteiger partial charge in [0.25, 0.3) is 0 Å². The highest BCUT2D eigenvalue weighted by atomic mass is 16.5. The van der Waals surface area contributed by atoms with Gasteiger partial charge in [-0.05, 0) is 26.3 Å². The van der Waals surface area contributed by atoms with E-state index in [0.717, 1.165) is 12.3 Å². The summed E-state index contributed by atoms with van der Waals surface area (Å²) in [5, 5.41) is 0. The number of esters is 1. The van der Waals surface area contributed by atoms with Crippen LogP contribution in [-0.2, 0) is 9.53 Å². The third-order valence-electron chi connectivity index (χ3n) is 2.16. The van der Waals surface area contributed by atoms with Crippen LogP contribution in [0.5, 0.6) is 0 Å². The third-order valence-corrected chi connectivity index (χ3v) is 2.16. The molecule has 0 radical (unpaired) electrons. The molecular formula is C9H18N2O2. The average Bonchev–Trinajstić information content (AvgIpc) is 2.88. The zero-order valence-corrected chi connectivity index (χ0v) is 8.30. The highest BCUT2D eigenvalue weighted by molar-refractivity contribution is 5.75. The lowest BCUT2D eigenvalue weighted by molar-refractivity contribution is -0.146. The van der Waals surface area contributed by atoms with Gasteiger partial charge >= 0.3 is 5.97 Å².